The molecule has 0 spiro atoms. The number of carbonyl (C=O) groups excluding carboxylic acids is 1. The number of rotatable bonds is 9. The fourth-order valence-corrected chi connectivity index (χ4v) is 4.57. The average Bonchev–Trinajstić information content (AvgIpc) is 3.12. The van der Waals surface area contributed by atoms with Gasteiger partial charge in [-0.2, -0.15) is 0 Å². The molecule has 1 aliphatic carbocycles. The molecule has 28 heavy (non-hydrogen) atoms. The van der Waals surface area contributed by atoms with Crippen molar-refractivity contribution in [3.63, 3.8) is 0 Å². The SMILES string of the molecule is C=CCn1c(S[C@H](C)C(=O)NCCc2ccccc2)nnc1C1CCCCC1. The lowest BCUT2D eigenvalue weighted by atomic mass is 9.89. The van der Waals surface area contributed by atoms with Crippen LogP contribution in [0, 0.1) is 0 Å². The van der Waals surface area contributed by atoms with E-state index in [9.17, 15) is 4.79 Å². The van der Waals surface area contributed by atoms with Crippen molar-refractivity contribution in [2.75, 3.05) is 6.54 Å². The molecule has 1 atom stereocenters. The van der Waals surface area contributed by atoms with E-state index in [0.29, 0.717) is 19.0 Å². The van der Waals surface area contributed by atoms with Crippen LogP contribution in [0.5, 0.6) is 0 Å². The highest BCUT2D eigenvalue weighted by Gasteiger charge is 2.25. The number of thioether (sulfide) groups is 1. The second kappa shape index (κ2) is 10.5. The Bertz CT molecular complexity index is 768. The summed E-state index contributed by atoms with van der Waals surface area (Å²) in [6, 6.07) is 10.2. The number of hydrogen-bond acceptors (Lipinski definition) is 4. The Morgan fingerprint density at radius 3 is 2.75 bits per heavy atom. The van der Waals surface area contributed by atoms with Gasteiger partial charge in [-0.05, 0) is 31.7 Å². The van der Waals surface area contributed by atoms with E-state index >= 15 is 0 Å². The Hall–Kier alpha value is -2.08. The monoisotopic (exact) mass is 398 g/mol. The fourth-order valence-electron chi connectivity index (χ4n) is 3.68. The first-order valence-corrected chi connectivity index (χ1v) is 11.1. The maximum absolute atomic E-state index is 12.5. The number of nitrogens with one attached hydrogen (secondary N) is 1. The third kappa shape index (κ3) is 5.47. The van der Waals surface area contributed by atoms with Crippen LogP contribution in [0.25, 0.3) is 0 Å². The summed E-state index contributed by atoms with van der Waals surface area (Å²) in [6.45, 7) is 7.13. The van der Waals surface area contributed by atoms with E-state index in [1.54, 1.807) is 0 Å². The standard InChI is InChI=1S/C22H30N4OS/c1-3-16-26-20(19-12-8-5-9-13-19)24-25-22(26)28-17(2)21(27)23-15-14-18-10-6-4-7-11-18/h3-4,6-7,10-11,17,19H,1,5,8-9,12-16H2,2H3,(H,23,27)/t17-/m1/s1. The van der Waals surface area contributed by atoms with Crippen molar-refractivity contribution >= 4 is 17.7 Å². The van der Waals surface area contributed by atoms with Crippen molar-refractivity contribution in [1.29, 1.82) is 0 Å². The van der Waals surface area contributed by atoms with Crippen molar-refractivity contribution in [1.82, 2.24) is 20.1 Å². The van der Waals surface area contributed by atoms with E-state index in [2.05, 4.69) is 38.8 Å². The molecule has 0 radical (unpaired) electrons. The van der Waals surface area contributed by atoms with Gasteiger partial charge in [0.05, 0.1) is 5.25 Å². The summed E-state index contributed by atoms with van der Waals surface area (Å²) < 4.78 is 2.14. The summed E-state index contributed by atoms with van der Waals surface area (Å²) in [7, 11) is 0. The molecule has 1 aliphatic rings. The highest BCUT2D eigenvalue weighted by Crippen LogP contribution is 2.33. The van der Waals surface area contributed by atoms with E-state index in [1.165, 1.54) is 49.4 Å². The topological polar surface area (TPSA) is 59.8 Å². The van der Waals surface area contributed by atoms with Crippen molar-refractivity contribution < 1.29 is 4.79 Å². The van der Waals surface area contributed by atoms with Crippen LogP contribution in [0.1, 0.15) is 56.3 Å². The third-order valence-corrected chi connectivity index (χ3v) is 6.32. The van der Waals surface area contributed by atoms with Gasteiger partial charge in [0.1, 0.15) is 5.82 Å². The van der Waals surface area contributed by atoms with E-state index in [4.69, 9.17) is 0 Å². The van der Waals surface area contributed by atoms with Gasteiger partial charge in [-0.15, -0.1) is 16.8 Å². The normalized spacial score (nSPS) is 15.9. The number of hydrogen-bond donors (Lipinski definition) is 1. The van der Waals surface area contributed by atoms with Gasteiger partial charge in [-0.1, -0.05) is 67.4 Å². The smallest absolute Gasteiger partial charge is 0.233 e. The van der Waals surface area contributed by atoms with Crippen LogP contribution >= 0.6 is 11.8 Å². The zero-order valence-electron chi connectivity index (χ0n) is 16.6. The molecule has 6 heteroatoms. The first-order chi connectivity index (χ1) is 13.7. The molecule has 1 aromatic heterocycles. The first-order valence-electron chi connectivity index (χ1n) is 10.2. The lowest BCUT2D eigenvalue weighted by molar-refractivity contribution is -0.120. The van der Waals surface area contributed by atoms with Gasteiger partial charge in [-0.25, -0.2) is 0 Å². The summed E-state index contributed by atoms with van der Waals surface area (Å²) in [5, 5.41) is 12.5. The Morgan fingerprint density at radius 2 is 2.04 bits per heavy atom. The molecule has 3 rings (SSSR count). The van der Waals surface area contributed by atoms with Crippen molar-refractivity contribution in [2.24, 2.45) is 0 Å². The molecule has 2 aromatic rings. The van der Waals surface area contributed by atoms with Gasteiger partial charge in [-0.3, -0.25) is 4.79 Å². The van der Waals surface area contributed by atoms with Crippen LogP contribution in [0.2, 0.25) is 0 Å². The maximum atomic E-state index is 12.5. The second-order valence-electron chi connectivity index (χ2n) is 7.36. The Labute approximate surface area is 172 Å². The Kier molecular flexibility index (Phi) is 7.71. The van der Waals surface area contributed by atoms with Gasteiger partial charge >= 0.3 is 0 Å². The predicted octanol–water partition coefficient (Wildman–Crippen LogP) is 4.35. The van der Waals surface area contributed by atoms with Gasteiger partial charge in [0.2, 0.25) is 5.91 Å². The van der Waals surface area contributed by atoms with Crippen LogP contribution < -0.4 is 5.32 Å². The van der Waals surface area contributed by atoms with Crippen molar-refractivity contribution in [3.8, 4) is 0 Å². The van der Waals surface area contributed by atoms with Gasteiger partial charge in [0.15, 0.2) is 5.16 Å². The fraction of sp³-hybridized carbons (Fsp3) is 0.500. The molecule has 1 fully saturated rings. The molecule has 1 heterocycles. The lowest BCUT2D eigenvalue weighted by Gasteiger charge is -2.21. The van der Waals surface area contributed by atoms with Crippen molar-refractivity contribution in [2.45, 2.75) is 68.3 Å². The van der Waals surface area contributed by atoms with Crippen molar-refractivity contribution in [3.05, 3.63) is 54.4 Å². The summed E-state index contributed by atoms with van der Waals surface area (Å²) in [5.41, 5.74) is 1.23. The average molecular weight is 399 g/mol. The Balaban J connectivity index is 1.57. The highest BCUT2D eigenvalue weighted by molar-refractivity contribution is 8.00. The van der Waals surface area contributed by atoms with Gasteiger partial charge < -0.3 is 9.88 Å². The molecule has 0 unspecified atom stereocenters. The van der Waals surface area contributed by atoms with Crippen LogP contribution in [0.3, 0.4) is 0 Å². The molecule has 1 amide bonds. The second-order valence-corrected chi connectivity index (χ2v) is 8.67. The first kappa shape index (κ1) is 20.6. The van der Waals surface area contributed by atoms with Crippen LogP contribution in [0.4, 0.5) is 0 Å². The molecule has 0 saturated heterocycles. The highest BCUT2D eigenvalue weighted by atomic mass is 32.2. The maximum Gasteiger partial charge on any atom is 0.233 e. The van der Waals surface area contributed by atoms with Gasteiger partial charge in [0.25, 0.3) is 0 Å². The minimum Gasteiger partial charge on any atom is -0.355 e. The molecule has 1 N–H and O–H groups in total. The number of amides is 1. The molecule has 5 nitrogen and oxygen atoms in total. The molecular weight excluding hydrogens is 368 g/mol. The van der Waals surface area contributed by atoms with Crippen LogP contribution in [-0.4, -0.2) is 32.5 Å². The molecule has 1 saturated carbocycles. The molecule has 1 aromatic carbocycles. The minimum absolute atomic E-state index is 0.0355. The number of nitrogens with zero attached hydrogens (tertiary/aromatic N) is 3. The quantitative estimate of drug-likeness (QED) is 0.504. The lowest BCUT2D eigenvalue weighted by Crippen LogP contribution is -2.32. The predicted molar refractivity (Wildman–Crippen MR) is 115 cm³/mol. The number of aromatic nitrogens is 3. The number of benzene rings is 1. The zero-order valence-corrected chi connectivity index (χ0v) is 17.5. The van der Waals surface area contributed by atoms with E-state index in [-0.39, 0.29) is 11.2 Å². The largest absolute Gasteiger partial charge is 0.355 e. The molecule has 150 valence electrons. The Morgan fingerprint density at radius 1 is 1.29 bits per heavy atom. The van der Waals surface area contributed by atoms with E-state index in [1.807, 2.05) is 31.2 Å². The number of carbonyl (C=O) groups is 1. The summed E-state index contributed by atoms with van der Waals surface area (Å²) >= 11 is 1.48. The van der Waals surface area contributed by atoms with Crippen LogP contribution in [0.15, 0.2) is 48.1 Å². The summed E-state index contributed by atoms with van der Waals surface area (Å²) in [5.74, 6) is 1.57. The van der Waals surface area contributed by atoms with E-state index in [0.717, 1.165) is 17.4 Å². The molecule has 0 aliphatic heterocycles. The van der Waals surface area contributed by atoms with E-state index < -0.39 is 0 Å². The minimum atomic E-state index is -0.220. The van der Waals surface area contributed by atoms with Gasteiger partial charge in [0, 0.05) is 19.0 Å². The zero-order chi connectivity index (χ0) is 19.8. The summed E-state index contributed by atoms with van der Waals surface area (Å²) in [4.78, 5) is 12.5. The number of allylic oxidation sites excluding steroid dienone is 1. The third-order valence-electron chi connectivity index (χ3n) is 5.23. The van der Waals surface area contributed by atoms with Crippen LogP contribution in [-0.2, 0) is 17.8 Å². The summed E-state index contributed by atoms with van der Waals surface area (Å²) in [6.07, 6.45) is 8.90. The molecular formula is C22H30N4OS. The molecule has 0 bridgehead atoms.